The number of aliphatic hydroxyl groups is 5. The van der Waals surface area contributed by atoms with Crippen LogP contribution in [0.4, 0.5) is 0 Å². The average Bonchev–Trinajstić information content (AvgIpc) is 3.35. The van der Waals surface area contributed by atoms with Crippen LogP contribution in [-0.4, -0.2) is 87.5 Å². The maximum absolute atomic E-state index is 13.1. The van der Waals surface area contributed by atoms with E-state index in [4.69, 9.17) is 9.47 Å². The lowest BCUT2D eigenvalue weighted by atomic mass is 9.99. The van der Waals surface area contributed by atoms with Gasteiger partial charge in [-0.25, -0.2) is 0 Å². The monoisotopic (exact) mass is 976 g/mol. The fraction of sp³-hybridized carbons (Fsp3) is 0.883. The molecule has 1 fully saturated rings. The summed E-state index contributed by atoms with van der Waals surface area (Å²) in [4.78, 5) is 13.1. The minimum absolute atomic E-state index is 0.135. The van der Waals surface area contributed by atoms with Gasteiger partial charge in [0.15, 0.2) is 6.29 Å². The molecule has 7 atom stereocenters. The molecule has 1 rings (SSSR count). The Morgan fingerprint density at radius 1 is 0.493 bits per heavy atom. The number of ether oxygens (including phenoxy) is 2. The highest BCUT2D eigenvalue weighted by atomic mass is 16.7. The van der Waals surface area contributed by atoms with Crippen molar-refractivity contribution in [2.24, 2.45) is 0 Å². The highest BCUT2D eigenvalue weighted by Crippen LogP contribution is 2.23. The summed E-state index contributed by atoms with van der Waals surface area (Å²) >= 11 is 0. The Morgan fingerprint density at radius 3 is 1.26 bits per heavy atom. The minimum Gasteiger partial charge on any atom is -0.394 e. The van der Waals surface area contributed by atoms with Crippen LogP contribution in [0.2, 0.25) is 0 Å². The Hall–Kier alpha value is -1.59. The fourth-order valence-corrected chi connectivity index (χ4v) is 9.52. The molecule has 0 aromatic heterocycles. The Morgan fingerprint density at radius 2 is 0.855 bits per heavy atom. The third kappa shape index (κ3) is 39.6. The zero-order valence-corrected chi connectivity index (χ0v) is 45.1. The predicted molar refractivity (Wildman–Crippen MR) is 290 cm³/mol. The molecule has 1 amide bonds. The molecule has 0 bridgehead atoms. The fourth-order valence-electron chi connectivity index (χ4n) is 9.52. The van der Waals surface area contributed by atoms with E-state index in [9.17, 15) is 30.3 Å². The molecule has 9 nitrogen and oxygen atoms in total. The van der Waals surface area contributed by atoms with Gasteiger partial charge in [-0.3, -0.25) is 4.79 Å². The van der Waals surface area contributed by atoms with Crippen molar-refractivity contribution in [3.63, 3.8) is 0 Å². The summed E-state index contributed by atoms with van der Waals surface area (Å²) < 4.78 is 11.3. The number of hydrogen-bond acceptors (Lipinski definition) is 8. The molecule has 0 aromatic carbocycles. The molecular formula is C60H113NO8. The number of hydrogen-bond donors (Lipinski definition) is 6. The van der Waals surface area contributed by atoms with Gasteiger partial charge in [0.05, 0.1) is 25.4 Å². The first-order valence-electron chi connectivity index (χ1n) is 29.7. The number of amides is 1. The standard InChI is InChI=1S/C60H113NO8/c1-3-5-7-9-11-13-15-17-19-20-21-22-23-24-25-26-27-28-29-30-31-32-33-34-36-38-40-42-44-46-48-50-56(64)61-53(52-68-60-59(67)58(66)57(65)55(51-62)69-60)54(63)49-47-45-43-41-39-37-35-18-16-14-12-10-8-6-4-2/h15,17,20-21,23-24,53-55,57-60,62-63,65-67H,3-14,16,18-19,22,25-52H2,1-2H3,(H,61,64)/b17-15-,21-20-,24-23-. The van der Waals surface area contributed by atoms with Crippen molar-refractivity contribution in [1.82, 2.24) is 5.32 Å². The molecular weight excluding hydrogens is 863 g/mol. The van der Waals surface area contributed by atoms with Crippen LogP contribution in [0.3, 0.4) is 0 Å². The summed E-state index contributed by atoms with van der Waals surface area (Å²) in [5, 5.41) is 54.6. The number of carbonyl (C=O) groups excluding carboxylic acids is 1. The summed E-state index contributed by atoms with van der Waals surface area (Å²) in [6.07, 6.45) is 57.5. The quantitative estimate of drug-likeness (QED) is 0.0261. The van der Waals surface area contributed by atoms with Crippen LogP contribution in [0.1, 0.15) is 284 Å². The molecule has 0 spiro atoms. The Labute approximate surface area is 425 Å². The highest BCUT2D eigenvalue weighted by molar-refractivity contribution is 5.76. The lowest BCUT2D eigenvalue weighted by Gasteiger charge is -2.40. The van der Waals surface area contributed by atoms with Crippen molar-refractivity contribution in [3.05, 3.63) is 36.5 Å². The van der Waals surface area contributed by atoms with Gasteiger partial charge in [0.2, 0.25) is 5.91 Å². The molecule has 1 saturated heterocycles. The summed E-state index contributed by atoms with van der Waals surface area (Å²) in [5.74, 6) is -0.141. The maximum Gasteiger partial charge on any atom is 0.220 e. The largest absolute Gasteiger partial charge is 0.394 e. The second-order valence-corrected chi connectivity index (χ2v) is 20.8. The molecule has 1 aliphatic heterocycles. The SMILES string of the molecule is CCCCCCC/C=C\C/C=C\C/C=C\CCCCCCCCCCCCCCCCCCC(=O)NC(COC1OC(CO)C(O)C(O)C1O)C(O)CCCCCCCCCCCCCCCCC. The van der Waals surface area contributed by atoms with Gasteiger partial charge >= 0.3 is 0 Å². The molecule has 6 N–H and O–H groups in total. The molecule has 0 saturated carbocycles. The zero-order valence-electron chi connectivity index (χ0n) is 45.1. The van der Waals surface area contributed by atoms with Crippen LogP contribution in [-0.2, 0) is 14.3 Å². The smallest absolute Gasteiger partial charge is 0.220 e. The van der Waals surface area contributed by atoms with Gasteiger partial charge in [-0.1, -0.05) is 262 Å². The van der Waals surface area contributed by atoms with Gasteiger partial charge in [0, 0.05) is 6.42 Å². The van der Waals surface area contributed by atoms with Gasteiger partial charge in [0.25, 0.3) is 0 Å². The lowest BCUT2D eigenvalue weighted by molar-refractivity contribution is -0.302. The molecule has 0 aromatic rings. The van der Waals surface area contributed by atoms with Gasteiger partial charge in [-0.15, -0.1) is 0 Å². The number of allylic oxidation sites excluding steroid dienone is 6. The van der Waals surface area contributed by atoms with E-state index in [1.807, 2.05) is 0 Å². The van der Waals surface area contributed by atoms with E-state index in [0.29, 0.717) is 12.8 Å². The summed E-state index contributed by atoms with van der Waals surface area (Å²) in [7, 11) is 0. The van der Waals surface area contributed by atoms with E-state index in [1.165, 1.54) is 205 Å². The molecule has 0 radical (unpaired) electrons. The van der Waals surface area contributed by atoms with Crippen LogP contribution in [0.5, 0.6) is 0 Å². The van der Waals surface area contributed by atoms with Gasteiger partial charge in [-0.05, 0) is 51.4 Å². The van der Waals surface area contributed by atoms with E-state index in [0.717, 1.165) is 51.4 Å². The average molecular weight is 977 g/mol. The zero-order chi connectivity index (χ0) is 50.1. The molecule has 0 aliphatic carbocycles. The number of rotatable bonds is 51. The Bertz CT molecular complexity index is 1180. The third-order valence-corrected chi connectivity index (χ3v) is 14.2. The van der Waals surface area contributed by atoms with Crippen molar-refractivity contribution >= 4 is 5.91 Å². The van der Waals surface area contributed by atoms with Gasteiger partial charge < -0.3 is 40.3 Å². The number of carbonyl (C=O) groups is 1. The third-order valence-electron chi connectivity index (χ3n) is 14.2. The summed E-state index contributed by atoms with van der Waals surface area (Å²) in [6, 6.07) is -0.718. The summed E-state index contributed by atoms with van der Waals surface area (Å²) in [5.41, 5.74) is 0. The maximum atomic E-state index is 13.1. The van der Waals surface area contributed by atoms with Crippen LogP contribution < -0.4 is 5.32 Å². The first kappa shape index (κ1) is 65.4. The van der Waals surface area contributed by atoms with Crippen molar-refractivity contribution in [1.29, 1.82) is 0 Å². The normalized spacial score (nSPS) is 19.7. The van der Waals surface area contributed by atoms with Crippen LogP contribution in [0.25, 0.3) is 0 Å². The number of aliphatic hydroxyl groups excluding tert-OH is 5. The van der Waals surface area contributed by atoms with Crippen molar-refractivity contribution in [3.8, 4) is 0 Å². The van der Waals surface area contributed by atoms with E-state index < -0.39 is 49.5 Å². The van der Waals surface area contributed by atoms with Gasteiger partial charge in [-0.2, -0.15) is 0 Å². The predicted octanol–water partition coefficient (Wildman–Crippen LogP) is 14.7. The van der Waals surface area contributed by atoms with Gasteiger partial charge in [0.1, 0.15) is 24.4 Å². The molecule has 1 heterocycles. The molecule has 406 valence electrons. The first-order chi connectivity index (χ1) is 33.8. The van der Waals surface area contributed by atoms with Crippen molar-refractivity contribution in [2.75, 3.05) is 13.2 Å². The van der Waals surface area contributed by atoms with Crippen molar-refractivity contribution in [2.45, 2.75) is 326 Å². The topological polar surface area (TPSA) is 149 Å². The van der Waals surface area contributed by atoms with Crippen LogP contribution in [0, 0.1) is 0 Å². The van der Waals surface area contributed by atoms with E-state index in [-0.39, 0.29) is 12.5 Å². The van der Waals surface area contributed by atoms with Crippen LogP contribution >= 0.6 is 0 Å². The van der Waals surface area contributed by atoms with E-state index in [2.05, 4.69) is 55.6 Å². The second-order valence-electron chi connectivity index (χ2n) is 20.8. The molecule has 9 heteroatoms. The summed E-state index contributed by atoms with van der Waals surface area (Å²) in [6.45, 7) is 3.85. The number of unbranched alkanes of at least 4 members (excludes halogenated alkanes) is 35. The van der Waals surface area contributed by atoms with Crippen LogP contribution in [0.15, 0.2) is 36.5 Å². The molecule has 1 aliphatic rings. The minimum atomic E-state index is -1.55. The highest BCUT2D eigenvalue weighted by Gasteiger charge is 2.44. The second kappa shape index (κ2) is 50.0. The van der Waals surface area contributed by atoms with E-state index in [1.54, 1.807) is 0 Å². The molecule has 7 unspecified atom stereocenters. The van der Waals surface area contributed by atoms with E-state index >= 15 is 0 Å². The lowest BCUT2D eigenvalue weighted by Crippen LogP contribution is -2.60. The Kier molecular flexibility index (Phi) is 47.4. The first-order valence-corrected chi connectivity index (χ1v) is 29.7. The molecule has 69 heavy (non-hydrogen) atoms. The number of nitrogens with one attached hydrogen (secondary N) is 1. The van der Waals surface area contributed by atoms with Crippen molar-refractivity contribution < 1.29 is 39.8 Å². The Balaban J connectivity index is 2.13.